The first kappa shape index (κ1) is 78.7. The number of quaternary nitrogens is 1. The molecule has 0 spiro atoms. The van der Waals surface area contributed by atoms with Crippen LogP contribution in [0.1, 0.15) is 316 Å². The number of likely N-dealkylation sites (N-methyl/N-ethyl adjacent to an activating group) is 1. The quantitative estimate of drug-likeness (QED) is 0.0211. The first-order valence-corrected chi connectivity index (χ1v) is 34.6. The standard InChI is InChI=1S/C73H131NO8/c1-6-8-10-12-14-16-18-20-22-24-26-28-29-30-31-32-33-34-35-36-37-38-39-40-41-42-43-44-46-48-50-52-54-56-58-60-62-64-71(76)82-69(68-81-73(72(77)78)79-66-65-74(3,4)5)67-80-70(75)63-61-59-57-55-53-51-49-47-45-27-25-23-21-19-17-15-13-11-9-7-2/h8,10,14,16,20,22,26,28,30-31,33-34,69,73H,6-7,9,11-13,15,17-19,21,23-25,27,29,32,35-68H2,1-5H3/p+1/b10-8-,16-14-,22-20-,28-26-,31-30-,34-33-. The van der Waals surface area contributed by atoms with Gasteiger partial charge in [-0.15, -0.1) is 0 Å². The topological polar surface area (TPSA) is 108 Å². The van der Waals surface area contributed by atoms with Crippen molar-refractivity contribution in [2.75, 3.05) is 47.5 Å². The van der Waals surface area contributed by atoms with E-state index < -0.39 is 18.4 Å². The summed E-state index contributed by atoms with van der Waals surface area (Å²) < 4.78 is 23.0. The Morgan fingerprint density at radius 1 is 0.378 bits per heavy atom. The second-order valence-corrected chi connectivity index (χ2v) is 24.5. The van der Waals surface area contributed by atoms with Crippen LogP contribution >= 0.6 is 0 Å². The Bertz CT molecular complexity index is 1570. The van der Waals surface area contributed by atoms with Gasteiger partial charge in [0.05, 0.1) is 34.4 Å². The van der Waals surface area contributed by atoms with Crippen LogP contribution in [0.3, 0.4) is 0 Å². The Labute approximate surface area is 507 Å². The predicted molar refractivity (Wildman–Crippen MR) is 350 cm³/mol. The predicted octanol–water partition coefficient (Wildman–Crippen LogP) is 21.3. The Morgan fingerprint density at radius 2 is 0.695 bits per heavy atom. The van der Waals surface area contributed by atoms with Gasteiger partial charge in [0, 0.05) is 12.8 Å². The summed E-state index contributed by atoms with van der Waals surface area (Å²) in [5.74, 6) is -1.98. The number of allylic oxidation sites excluding steroid dienone is 12. The Kier molecular flexibility index (Phi) is 61.2. The molecule has 0 amide bonds. The highest BCUT2D eigenvalue weighted by Crippen LogP contribution is 2.18. The van der Waals surface area contributed by atoms with Gasteiger partial charge in [-0.3, -0.25) is 9.59 Å². The summed E-state index contributed by atoms with van der Waals surface area (Å²) in [7, 11) is 5.98. The lowest BCUT2D eigenvalue weighted by Gasteiger charge is -2.25. The lowest BCUT2D eigenvalue weighted by Crippen LogP contribution is -2.40. The zero-order chi connectivity index (χ0) is 59.8. The van der Waals surface area contributed by atoms with Gasteiger partial charge in [0.2, 0.25) is 0 Å². The minimum absolute atomic E-state index is 0.178. The van der Waals surface area contributed by atoms with Gasteiger partial charge in [-0.2, -0.15) is 0 Å². The zero-order valence-corrected chi connectivity index (χ0v) is 54.4. The molecule has 0 saturated heterocycles. The molecule has 0 rings (SSSR count). The van der Waals surface area contributed by atoms with Crippen molar-refractivity contribution in [2.45, 2.75) is 328 Å². The number of nitrogens with zero attached hydrogens (tertiary/aromatic N) is 1. The van der Waals surface area contributed by atoms with Crippen molar-refractivity contribution >= 4 is 17.9 Å². The van der Waals surface area contributed by atoms with Gasteiger partial charge < -0.3 is 28.5 Å². The fraction of sp³-hybridized carbons (Fsp3) is 0.795. The van der Waals surface area contributed by atoms with E-state index in [-0.39, 0.29) is 38.2 Å². The maximum atomic E-state index is 12.9. The molecule has 1 N–H and O–H groups in total. The number of carbonyl (C=O) groups excluding carboxylic acids is 2. The molecule has 0 aromatic rings. The molecular weight excluding hydrogens is 1020 g/mol. The number of hydrogen-bond donors (Lipinski definition) is 1. The van der Waals surface area contributed by atoms with Crippen molar-refractivity contribution in [1.82, 2.24) is 0 Å². The molecular formula is C73H132NO8+. The van der Waals surface area contributed by atoms with Crippen molar-refractivity contribution in [3.8, 4) is 0 Å². The van der Waals surface area contributed by atoms with E-state index in [1.165, 1.54) is 212 Å². The average Bonchev–Trinajstić information content (AvgIpc) is 3.47. The second-order valence-electron chi connectivity index (χ2n) is 24.5. The minimum Gasteiger partial charge on any atom is -0.477 e. The Morgan fingerprint density at radius 3 is 1.04 bits per heavy atom. The number of rotatable bonds is 64. The van der Waals surface area contributed by atoms with E-state index in [2.05, 4.69) is 86.8 Å². The molecule has 0 aromatic heterocycles. The molecule has 0 aliphatic heterocycles. The smallest absolute Gasteiger partial charge is 0.361 e. The van der Waals surface area contributed by atoms with Crippen LogP contribution in [-0.4, -0.2) is 87.4 Å². The van der Waals surface area contributed by atoms with Crippen LogP contribution in [0.15, 0.2) is 72.9 Å². The molecule has 0 bridgehead atoms. The van der Waals surface area contributed by atoms with Gasteiger partial charge in [0.1, 0.15) is 13.2 Å². The molecule has 2 atom stereocenters. The normalized spacial score (nSPS) is 13.1. The second kappa shape index (κ2) is 63.7. The van der Waals surface area contributed by atoms with E-state index >= 15 is 0 Å². The van der Waals surface area contributed by atoms with Gasteiger partial charge in [0.25, 0.3) is 6.29 Å². The summed E-state index contributed by atoms with van der Waals surface area (Å²) >= 11 is 0. The molecule has 82 heavy (non-hydrogen) atoms. The number of carbonyl (C=O) groups is 3. The van der Waals surface area contributed by atoms with Crippen molar-refractivity contribution in [1.29, 1.82) is 0 Å². The first-order chi connectivity index (χ1) is 40.1. The van der Waals surface area contributed by atoms with Gasteiger partial charge in [-0.1, -0.05) is 311 Å². The number of esters is 2. The highest BCUT2D eigenvalue weighted by atomic mass is 16.7. The molecule has 2 unspecified atom stereocenters. The summed E-state index contributed by atoms with van der Waals surface area (Å²) in [4.78, 5) is 37.6. The fourth-order valence-electron chi connectivity index (χ4n) is 9.96. The van der Waals surface area contributed by atoms with Gasteiger partial charge in [-0.25, -0.2) is 4.79 Å². The molecule has 9 heteroatoms. The van der Waals surface area contributed by atoms with Crippen LogP contribution in [-0.2, 0) is 33.3 Å². The summed E-state index contributed by atoms with van der Waals surface area (Å²) in [6, 6.07) is 0. The molecule has 0 radical (unpaired) electrons. The Balaban J connectivity index is 4.05. The van der Waals surface area contributed by atoms with Crippen LogP contribution < -0.4 is 0 Å². The number of unbranched alkanes of at least 4 members (excludes halogenated alkanes) is 37. The monoisotopic (exact) mass is 1150 g/mol. The number of aliphatic carboxylic acids is 1. The van der Waals surface area contributed by atoms with E-state index in [0.29, 0.717) is 17.4 Å². The molecule has 0 aliphatic rings. The summed E-state index contributed by atoms with van der Waals surface area (Å²) in [5, 5.41) is 9.74. The molecule has 9 nitrogen and oxygen atoms in total. The molecule has 0 aromatic carbocycles. The van der Waals surface area contributed by atoms with Crippen LogP contribution in [0, 0.1) is 0 Å². The number of carboxylic acid groups (broad SMARTS) is 1. The van der Waals surface area contributed by atoms with Crippen molar-refractivity contribution in [3.63, 3.8) is 0 Å². The van der Waals surface area contributed by atoms with E-state index in [1.807, 2.05) is 21.1 Å². The van der Waals surface area contributed by atoms with E-state index in [0.717, 1.165) is 77.0 Å². The highest BCUT2D eigenvalue weighted by Gasteiger charge is 2.25. The summed E-state index contributed by atoms with van der Waals surface area (Å²) in [6.07, 6.45) is 81.6. The third-order valence-corrected chi connectivity index (χ3v) is 15.2. The maximum Gasteiger partial charge on any atom is 0.361 e. The minimum atomic E-state index is -1.51. The average molecular weight is 1150 g/mol. The van der Waals surface area contributed by atoms with E-state index in [1.54, 1.807) is 0 Å². The van der Waals surface area contributed by atoms with Gasteiger partial charge in [-0.05, 0) is 64.2 Å². The lowest BCUT2D eigenvalue weighted by molar-refractivity contribution is -0.870. The molecule has 0 saturated carbocycles. The largest absolute Gasteiger partial charge is 0.477 e. The maximum absolute atomic E-state index is 12.9. The highest BCUT2D eigenvalue weighted by molar-refractivity contribution is 5.71. The number of ether oxygens (including phenoxy) is 4. The van der Waals surface area contributed by atoms with Crippen LogP contribution in [0.4, 0.5) is 0 Å². The third-order valence-electron chi connectivity index (χ3n) is 15.2. The third kappa shape index (κ3) is 64.3. The van der Waals surface area contributed by atoms with Crippen molar-refractivity contribution in [2.24, 2.45) is 0 Å². The fourth-order valence-corrected chi connectivity index (χ4v) is 9.96. The van der Waals surface area contributed by atoms with Gasteiger partial charge >= 0.3 is 17.9 Å². The SMILES string of the molecule is CC/C=C\C/C=C\C/C=C\C/C=C\C/C=C\C/C=C\CCCCCCCCCCCCCCCCCCCCC(=O)OC(COC(=O)CCCCCCCCCCCCCCCCCCCCCC)COC(OCC[N+](C)(C)C)C(=O)O. The van der Waals surface area contributed by atoms with Crippen LogP contribution in [0.25, 0.3) is 0 Å². The zero-order valence-electron chi connectivity index (χ0n) is 54.4. The molecule has 0 aliphatic carbocycles. The summed E-state index contributed by atoms with van der Waals surface area (Å²) in [6.45, 7) is 4.81. The van der Waals surface area contributed by atoms with E-state index in [9.17, 15) is 19.5 Å². The summed E-state index contributed by atoms with van der Waals surface area (Å²) in [5.41, 5.74) is 0. The first-order valence-electron chi connectivity index (χ1n) is 34.6. The van der Waals surface area contributed by atoms with Gasteiger partial charge in [0.15, 0.2) is 6.10 Å². The van der Waals surface area contributed by atoms with Crippen molar-refractivity contribution < 1.29 is 42.9 Å². The molecule has 0 heterocycles. The lowest BCUT2D eigenvalue weighted by atomic mass is 10.0. The molecule has 0 fully saturated rings. The van der Waals surface area contributed by atoms with E-state index in [4.69, 9.17) is 18.9 Å². The van der Waals surface area contributed by atoms with Crippen LogP contribution in [0.5, 0.6) is 0 Å². The molecule has 476 valence electrons. The Hall–Kier alpha value is -3.27. The van der Waals surface area contributed by atoms with Crippen LogP contribution in [0.2, 0.25) is 0 Å². The number of carboxylic acids is 1. The van der Waals surface area contributed by atoms with Crippen molar-refractivity contribution in [3.05, 3.63) is 72.9 Å². The number of hydrogen-bond acceptors (Lipinski definition) is 7.